The number of aromatic nitrogens is 3. The summed E-state index contributed by atoms with van der Waals surface area (Å²) in [6.45, 7) is 5.80. The zero-order chi connectivity index (χ0) is 19.2. The third-order valence-electron chi connectivity index (χ3n) is 4.86. The van der Waals surface area contributed by atoms with E-state index in [9.17, 15) is 8.42 Å². The molecular weight excluding hydrogens is 358 g/mol. The molecule has 0 aliphatic heterocycles. The summed E-state index contributed by atoms with van der Waals surface area (Å²) in [6, 6.07) is 16.6. The van der Waals surface area contributed by atoms with Crippen molar-refractivity contribution in [3.8, 4) is 5.69 Å². The molecule has 0 atom stereocenters. The molecule has 4 aromatic rings. The summed E-state index contributed by atoms with van der Waals surface area (Å²) in [6.07, 6.45) is 1.32. The Labute approximate surface area is 158 Å². The highest BCUT2D eigenvalue weighted by Crippen LogP contribution is 2.33. The largest absolute Gasteiger partial charge is 0.298 e. The van der Waals surface area contributed by atoms with E-state index < -0.39 is 9.84 Å². The van der Waals surface area contributed by atoms with Gasteiger partial charge in [-0.3, -0.25) is 4.57 Å². The van der Waals surface area contributed by atoms with Crippen LogP contribution in [-0.4, -0.2) is 23.0 Å². The number of hydrogen-bond acceptors (Lipinski definition) is 4. The van der Waals surface area contributed by atoms with Crippen LogP contribution in [-0.2, 0) is 9.84 Å². The van der Waals surface area contributed by atoms with Crippen LogP contribution in [0.3, 0.4) is 0 Å². The summed E-state index contributed by atoms with van der Waals surface area (Å²) in [5.41, 5.74) is 4.34. The molecule has 2 aromatic carbocycles. The number of hydrogen-bond donors (Lipinski definition) is 0. The van der Waals surface area contributed by atoms with Crippen molar-refractivity contribution in [3.05, 3.63) is 77.7 Å². The van der Waals surface area contributed by atoms with Crippen LogP contribution in [0.25, 0.3) is 16.7 Å². The molecule has 0 amide bonds. The first-order chi connectivity index (χ1) is 12.9. The van der Waals surface area contributed by atoms with Gasteiger partial charge in [0.15, 0.2) is 5.03 Å². The maximum absolute atomic E-state index is 13.3. The summed E-state index contributed by atoms with van der Waals surface area (Å²) >= 11 is 0. The third kappa shape index (κ3) is 2.73. The lowest BCUT2D eigenvalue weighted by Gasteiger charge is -2.08. The average Bonchev–Trinajstić information content (AvgIpc) is 2.93. The third-order valence-corrected chi connectivity index (χ3v) is 6.57. The molecule has 0 saturated heterocycles. The molecule has 0 fully saturated rings. The van der Waals surface area contributed by atoms with E-state index in [1.54, 1.807) is 24.3 Å². The van der Waals surface area contributed by atoms with Gasteiger partial charge >= 0.3 is 0 Å². The molecule has 0 N–H and O–H groups in total. The minimum absolute atomic E-state index is 0.0478. The summed E-state index contributed by atoms with van der Waals surface area (Å²) in [7, 11) is -3.75. The average molecular weight is 377 g/mol. The fourth-order valence-electron chi connectivity index (χ4n) is 3.29. The Balaban J connectivity index is 2.03. The number of para-hydroxylation sites is 1. The van der Waals surface area contributed by atoms with Gasteiger partial charge in [0.25, 0.3) is 0 Å². The summed E-state index contributed by atoms with van der Waals surface area (Å²) in [5.74, 6) is 0. The van der Waals surface area contributed by atoms with Crippen LogP contribution in [0.2, 0.25) is 0 Å². The quantitative estimate of drug-likeness (QED) is 0.503. The van der Waals surface area contributed by atoms with Gasteiger partial charge in [0, 0.05) is 11.4 Å². The molecule has 0 bridgehead atoms. The minimum Gasteiger partial charge on any atom is -0.298 e. The van der Waals surface area contributed by atoms with Crippen molar-refractivity contribution in [2.75, 3.05) is 0 Å². The van der Waals surface area contributed by atoms with Crippen molar-refractivity contribution in [1.29, 1.82) is 0 Å². The Hall–Kier alpha value is -2.99. The van der Waals surface area contributed by atoms with Gasteiger partial charge in [0.2, 0.25) is 9.84 Å². The normalized spacial score (nSPS) is 11.8. The van der Waals surface area contributed by atoms with Crippen molar-refractivity contribution in [2.45, 2.75) is 30.7 Å². The maximum Gasteiger partial charge on any atom is 0.224 e. The van der Waals surface area contributed by atoms with Gasteiger partial charge < -0.3 is 0 Å². The zero-order valence-corrected chi connectivity index (χ0v) is 16.2. The van der Waals surface area contributed by atoms with Gasteiger partial charge in [-0.2, -0.15) is 0 Å². The first-order valence-corrected chi connectivity index (χ1v) is 10.1. The molecule has 5 nitrogen and oxygen atoms in total. The van der Waals surface area contributed by atoms with E-state index in [0.717, 1.165) is 22.5 Å². The molecule has 0 saturated carbocycles. The van der Waals surface area contributed by atoms with Crippen LogP contribution in [0.1, 0.15) is 16.8 Å². The first-order valence-electron chi connectivity index (χ1n) is 8.61. The topological polar surface area (TPSA) is 64.8 Å². The molecule has 2 heterocycles. The van der Waals surface area contributed by atoms with Crippen LogP contribution in [0, 0.1) is 20.8 Å². The van der Waals surface area contributed by atoms with Crippen LogP contribution in [0.15, 0.2) is 70.8 Å². The fourth-order valence-corrected chi connectivity index (χ4v) is 4.71. The Morgan fingerprint density at radius 2 is 1.52 bits per heavy atom. The molecule has 0 aliphatic carbocycles. The monoisotopic (exact) mass is 377 g/mol. The predicted molar refractivity (Wildman–Crippen MR) is 105 cm³/mol. The van der Waals surface area contributed by atoms with Crippen molar-refractivity contribution in [3.63, 3.8) is 0 Å². The lowest BCUT2D eigenvalue weighted by atomic mass is 10.2. The van der Waals surface area contributed by atoms with Crippen LogP contribution >= 0.6 is 0 Å². The standard InChI is InChI=1S/C21H19N3O2S/c1-14-9-11-18(12-10-14)27(25,26)21-19-15(2)16(3)24(20(19)22-13-23-21)17-7-5-4-6-8-17/h4-13H,1-3H3. The Kier molecular flexibility index (Phi) is 4.08. The Morgan fingerprint density at radius 3 is 2.19 bits per heavy atom. The van der Waals surface area contributed by atoms with E-state index in [1.165, 1.54) is 6.33 Å². The second-order valence-corrected chi connectivity index (χ2v) is 8.44. The van der Waals surface area contributed by atoms with Crippen LogP contribution in [0.5, 0.6) is 0 Å². The number of benzene rings is 2. The predicted octanol–water partition coefficient (Wildman–Crippen LogP) is 4.18. The van der Waals surface area contributed by atoms with Crippen molar-refractivity contribution < 1.29 is 8.42 Å². The molecule has 4 rings (SSSR count). The van der Waals surface area contributed by atoms with Crippen LogP contribution < -0.4 is 0 Å². The van der Waals surface area contributed by atoms with E-state index in [-0.39, 0.29) is 9.92 Å². The van der Waals surface area contributed by atoms with Crippen LogP contribution in [0.4, 0.5) is 0 Å². The van der Waals surface area contributed by atoms with Crippen molar-refractivity contribution in [1.82, 2.24) is 14.5 Å². The van der Waals surface area contributed by atoms with E-state index in [2.05, 4.69) is 9.97 Å². The molecule has 136 valence electrons. The van der Waals surface area contributed by atoms with Gasteiger partial charge in [-0.15, -0.1) is 0 Å². The molecule has 2 aromatic heterocycles. The molecule has 6 heteroatoms. The van der Waals surface area contributed by atoms with Gasteiger partial charge in [0.05, 0.1) is 10.3 Å². The molecule has 0 spiro atoms. The zero-order valence-electron chi connectivity index (χ0n) is 15.3. The smallest absolute Gasteiger partial charge is 0.224 e. The summed E-state index contributed by atoms with van der Waals surface area (Å²) in [4.78, 5) is 8.82. The Morgan fingerprint density at radius 1 is 0.852 bits per heavy atom. The molecule has 0 unspecified atom stereocenters. The van der Waals surface area contributed by atoms with Gasteiger partial charge in [-0.25, -0.2) is 18.4 Å². The SMILES string of the molecule is Cc1ccc(S(=O)(=O)c2ncnc3c2c(C)c(C)n3-c2ccccc2)cc1. The number of sulfone groups is 1. The number of rotatable bonds is 3. The lowest BCUT2D eigenvalue weighted by molar-refractivity contribution is 0.593. The van der Waals surface area contributed by atoms with E-state index in [4.69, 9.17) is 0 Å². The highest BCUT2D eigenvalue weighted by molar-refractivity contribution is 7.91. The molecule has 0 radical (unpaired) electrons. The van der Waals surface area contributed by atoms with E-state index in [0.29, 0.717) is 11.0 Å². The van der Waals surface area contributed by atoms with Crippen molar-refractivity contribution in [2.24, 2.45) is 0 Å². The minimum atomic E-state index is -3.75. The Bertz CT molecular complexity index is 1240. The summed E-state index contributed by atoms with van der Waals surface area (Å²) in [5, 5.41) is 0.617. The second kappa shape index (κ2) is 6.32. The maximum atomic E-state index is 13.3. The number of nitrogens with zero attached hydrogens (tertiary/aromatic N) is 3. The van der Waals surface area contributed by atoms with Crippen molar-refractivity contribution >= 4 is 20.9 Å². The highest BCUT2D eigenvalue weighted by Gasteiger charge is 2.26. The summed E-state index contributed by atoms with van der Waals surface area (Å²) < 4.78 is 28.5. The van der Waals surface area contributed by atoms with Gasteiger partial charge in [-0.05, 0) is 50.6 Å². The van der Waals surface area contributed by atoms with E-state index in [1.807, 2.05) is 55.7 Å². The molecular formula is C21H19N3O2S. The number of aryl methyl sites for hydroxylation is 2. The second-order valence-electron chi connectivity index (χ2n) is 6.58. The highest BCUT2D eigenvalue weighted by atomic mass is 32.2. The van der Waals surface area contributed by atoms with E-state index >= 15 is 0 Å². The number of fused-ring (bicyclic) bond motifs is 1. The molecule has 0 aliphatic rings. The van der Waals surface area contributed by atoms with Gasteiger partial charge in [-0.1, -0.05) is 35.9 Å². The molecule has 27 heavy (non-hydrogen) atoms. The first kappa shape index (κ1) is 17.4. The lowest BCUT2D eigenvalue weighted by Crippen LogP contribution is -2.06. The van der Waals surface area contributed by atoms with Gasteiger partial charge in [0.1, 0.15) is 12.0 Å². The fraction of sp³-hybridized carbons (Fsp3) is 0.143.